The minimum atomic E-state index is -3.46. The lowest BCUT2D eigenvalue weighted by molar-refractivity contribution is -0.386. The lowest BCUT2D eigenvalue weighted by Crippen LogP contribution is -2.08. The van der Waals surface area contributed by atoms with Crippen LogP contribution in [0.3, 0.4) is 0 Å². The largest absolute Gasteiger partial charge is 0.484 e. The van der Waals surface area contributed by atoms with Gasteiger partial charge in [0.15, 0.2) is 15.6 Å². The van der Waals surface area contributed by atoms with Crippen molar-refractivity contribution in [2.24, 2.45) is 0 Å². The van der Waals surface area contributed by atoms with Crippen LogP contribution in [0.15, 0.2) is 23.1 Å². The minimum Gasteiger partial charge on any atom is -0.484 e. The summed E-state index contributed by atoms with van der Waals surface area (Å²) in [6.07, 6.45) is 0.771. The van der Waals surface area contributed by atoms with E-state index in [1.807, 2.05) is 0 Å². The molecule has 0 fully saturated rings. The van der Waals surface area contributed by atoms with Crippen LogP contribution in [0.5, 0.6) is 5.75 Å². The Balaban J connectivity index is 3.32. The molecule has 0 unspecified atom stereocenters. The van der Waals surface area contributed by atoms with Crippen molar-refractivity contribution in [1.29, 1.82) is 0 Å². The molecule has 0 saturated heterocycles. The molecule has 17 heavy (non-hydrogen) atoms. The number of rotatable bonds is 4. The van der Waals surface area contributed by atoms with Crippen LogP contribution < -0.4 is 4.74 Å². The Morgan fingerprint density at radius 1 is 1.35 bits per heavy atom. The van der Waals surface area contributed by atoms with E-state index >= 15 is 0 Å². The maximum Gasteiger partial charge on any atom is 0.312 e. The third-order valence-electron chi connectivity index (χ3n) is 1.92. The summed E-state index contributed by atoms with van der Waals surface area (Å²) in [6, 6.07) is 3.60. The first-order valence-electron chi connectivity index (χ1n) is 4.87. The van der Waals surface area contributed by atoms with Crippen LogP contribution >= 0.6 is 0 Å². The molecule has 0 saturated carbocycles. The molecule has 0 heterocycles. The van der Waals surface area contributed by atoms with E-state index in [1.54, 1.807) is 13.8 Å². The monoisotopic (exact) mass is 259 g/mol. The number of hydrogen-bond acceptors (Lipinski definition) is 5. The Labute approximate surface area is 99.3 Å². The molecule has 0 N–H and O–H groups in total. The van der Waals surface area contributed by atoms with Gasteiger partial charge in [-0.15, -0.1) is 0 Å². The fourth-order valence-electron chi connectivity index (χ4n) is 1.22. The minimum absolute atomic E-state index is 0.0670. The van der Waals surface area contributed by atoms with E-state index < -0.39 is 14.8 Å². The average molecular weight is 259 g/mol. The van der Waals surface area contributed by atoms with Gasteiger partial charge in [0, 0.05) is 12.3 Å². The highest BCUT2D eigenvalue weighted by molar-refractivity contribution is 7.90. The molecule has 0 spiro atoms. The summed E-state index contributed by atoms with van der Waals surface area (Å²) in [7, 11) is -3.46. The molecule has 1 aromatic carbocycles. The summed E-state index contributed by atoms with van der Waals surface area (Å²) in [5, 5.41) is 10.8. The second kappa shape index (κ2) is 4.70. The first-order valence-corrected chi connectivity index (χ1v) is 6.76. The fourth-order valence-corrected chi connectivity index (χ4v) is 1.87. The SMILES string of the molecule is CC(C)Oc1ccc(S(C)(=O)=O)cc1[N+](=O)[O-]. The van der Waals surface area contributed by atoms with Crippen LogP contribution in [-0.4, -0.2) is 25.7 Å². The first-order chi connectivity index (χ1) is 7.71. The zero-order valence-corrected chi connectivity index (χ0v) is 10.5. The highest BCUT2D eigenvalue weighted by Crippen LogP contribution is 2.30. The van der Waals surface area contributed by atoms with Gasteiger partial charge in [0.1, 0.15) is 0 Å². The standard InChI is InChI=1S/C10H13NO5S/c1-7(2)16-10-5-4-8(17(3,14)15)6-9(10)11(12)13/h4-7H,1-3H3. The third-order valence-corrected chi connectivity index (χ3v) is 3.03. The predicted octanol–water partition coefficient (Wildman–Crippen LogP) is 1.79. The smallest absolute Gasteiger partial charge is 0.312 e. The molecule has 1 aromatic rings. The van der Waals surface area contributed by atoms with Crippen molar-refractivity contribution in [3.63, 3.8) is 0 Å². The Morgan fingerprint density at radius 3 is 2.35 bits per heavy atom. The van der Waals surface area contributed by atoms with E-state index in [-0.39, 0.29) is 22.4 Å². The first kappa shape index (κ1) is 13.4. The van der Waals surface area contributed by atoms with E-state index in [0.29, 0.717) is 0 Å². The maximum absolute atomic E-state index is 11.3. The van der Waals surface area contributed by atoms with Gasteiger partial charge in [-0.3, -0.25) is 10.1 Å². The van der Waals surface area contributed by atoms with Gasteiger partial charge in [0.2, 0.25) is 0 Å². The van der Waals surface area contributed by atoms with Gasteiger partial charge in [-0.2, -0.15) is 0 Å². The molecule has 7 heteroatoms. The van der Waals surface area contributed by atoms with Crippen molar-refractivity contribution in [1.82, 2.24) is 0 Å². The predicted molar refractivity (Wildman–Crippen MR) is 62.0 cm³/mol. The molecule has 0 bridgehead atoms. The van der Waals surface area contributed by atoms with Gasteiger partial charge in [-0.25, -0.2) is 8.42 Å². The normalized spacial score (nSPS) is 11.5. The maximum atomic E-state index is 11.3. The number of nitro benzene ring substituents is 1. The van der Waals surface area contributed by atoms with E-state index in [2.05, 4.69) is 0 Å². The Kier molecular flexibility index (Phi) is 3.72. The van der Waals surface area contributed by atoms with Gasteiger partial charge in [-0.05, 0) is 26.0 Å². The van der Waals surface area contributed by atoms with Crippen molar-refractivity contribution < 1.29 is 18.1 Å². The zero-order valence-electron chi connectivity index (χ0n) is 9.71. The van der Waals surface area contributed by atoms with E-state index in [4.69, 9.17) is 4.74 Å². The Hall–Kier alpha value is -1.63. The molecular weight excluding hydrogens is 246 g/mol. The number of sulfone groups is 1. The summed E-state index contributed by atoms with van der Waals surface area (Å²) < 4.78 is 27.8. The summed E-state index contributed by atoms with van der Waals surface area (Å²) in [5.74, 6) is 0.0670. The highest BCUT2D eigenvalue weighted by Gasteiger charge is 2.20. The van der Waals surface area contributed by atoms with Crippen molar-refractivity contribution >= 4 is 15.5 Å². The molecule has 0 amide bonds. The summed E-state index contributed by atoms with van der Waals surface area (Å²) in [6.45, 7) is 3.46. The molecule has 0 atom stereocenters. The molecule has 1 rings (SSSR count). The average Bonchev–Trinajstić information content (AvgIpc) is 2.15. The molecule has 6 nitrogen and oxygen atoms in total. The van der Waals surface area contributed by atoms with Crippen molar-refractivity contribution in [2.45, 2.75) is 24.8 Å². The highest BCUT2D eigenvalue weighted by atomic mass is 32.2. The van der Waals surface area contributed by atoms with Crippen molar-refractivity contribution in [3.05, 3.63) is 28.3 Å². The van der Waals surface area contributed by atoms with Gasteiger partial charge in [-0.1, -0.05) is 0 Å². The fraction of sp³-hybridized carbons (Fsp3) is 0.400. The number of ether oxygens (including phenoxy) is 1. The summed E-state index contributed by atoms with van der Waals surface area (Å²) in [5.41, 5.74) is -0.346. The number of nitro groups is 1. The second-order valence-electron chi connectivity index (χ2n) is 3.83. The summed E-state index contributed by atoms with van der Waals surface area (Å²) >= 11 is 0. The van der Waals surface area contributed by atoms with Gasteiger partial charge in [0.25, 0.3) is 0 Å². The van der Waals surface area contributed by atoms with Crippen molar-refractivity contribution in [3.8, 4) is 5.75 Å². The van der Waals surface area contributed by atoms with Crippen molar-refractivity contribution in [2.75, 3.05) is 6.26 Å². The number of benzene rings is 1. The number of nitrogens with zero attached hydrogens (tertiary/aromatic N) is 1. The molecule has 0 aliphatic carbocycles. The van der Waals surface area contributed by atoms with Gasteiger partial charge < -0.3 is 4.74 Å². The Morgan fingerprint density at radius 2 is 1.94 bits per heavy atom. The molecule has 94 valence electrons. The summed E-state index contributed by atoms with van der Waals surface area (Å²) in [4.78, 5) is 10.1. The van der Waals surface area contributed by atoms with Gasteiger partial charge in [0.05, 0.1) is 15.9 Å². The van der Waals surface area contributed by atoms with Crippen LogP contribution in [0.25, 0.3) is 0 Å². The third kappa shape index (κ3) is 3.42. The molecular formula is C10H13NO5S. The second-order valence-corrected chi connectivity index (χ2v) is 5.84. The van der Waals surface area contributed by atoms with Crippen LogP contribution in [-0.2, 0) is 9.84 Å². The van der Waals surface area contributed by atoms with E-state index in [9.17, 15) is 18.5 Å². The molecule has 0 radical (unpaired) electrons. The topological polar surface area (TPSA) is 86.5 Å². The molecule has 0 aliphatic rings. The van der Waals surface area contributed by atoms with Gasteiger partial charge >= 0.3 is 5.69 Å². The van der Waals surface area contributed by atoms with Crippen LogP contribution in [0.2, 0.25) is 0 Å². The lowest BCUT2D eigenvalue weighted by atomic mass is 10.3. The molecule has 0 aliphatic heterocycles. The van der Waals surface area contributed by atoms with Crippen LogP contribution in [0.4, 0.5) is 5.69 Å². The lowest BCUT2D eigenvalue weighted by Gasteiger charge is -2.10. The molecule has 0 aromatic heterocycles. The Bertz CT molecular complexity index is 536. The zero-order chi connectivity index (χ0) is 13.2. The van der Waals surface area contributed by atoms with E-state index in [1.165, 1.54) is 12.1 Å². The van der Waals surface area contributed by atoms with Crippen LogP contribution in [0, 0.1) is 10.1 Å². The van der Waals surface area contributed by atoms with E-state index in [0.717, 1.165) is 12.3 Å². The quantitative estimate of drug-likeness (QED) is 0.607. The number of hydrogen-bond donors (Lipinski definition) is 0. The van der Waals surface area contributed by atoms with Crippen LogP contribution in [0.1, 0.15) is 13.8 Å².